The lowest BCUT2D eigenvalue weighted by Gasteiger charge is -2.09. The van der Waals surface area contributed by atoms with E-state index in [1.54, 1.807) is 19.3 Å². The van der Waals surface area contributed by atoms with E-state index < -0.39 is 0 Å². The van der Waals surface area contributed by atoms with Crippen LogP contribution in [0.25, 0.3) is 0 Å². The second kappa shape index (κ2) is 4.66. The Morgan fingerprint density at radius 2 is 2.28 bits per heavy atom. The fourth-order valence-electron chi connectivity index (χ4n) is 1.58. The van der Waals surface area contributed by atoms with Crippen LogP contribution in [0.15, 0.2) is 18.5 Å². The van der Waals surface area contributed by atoms with E-state index in [0.29, 0.717) is 11.4 Å². The fraction of sp³-hybridized carbons (Fsp3) is 0.182. The Labute approximate surface area is 109 Å². The molecule has 3 N–H and O–H groups in total. The first-order valence-corrected chi connectivity index (χ1v) is 5.58. The van der Waals surface area contributed by atoms with Gasteiger partial charge in [-0.25, -0.2) is 4.98 Å². The lowest BCUT2D eigenvalue weighted by atomic mass is 10.2. The molecule has 18 heavy (non-hydrogen) atoms. The molecule has 0 saturated carbocycles. The van der Waals surface area contributed by atoms with E-state index in [4.69, 9.17) is 17.3 Å². The molecule has 7 heteroatoms. The van der Waals surface area contributed by atoms with Gasteiger partial charge in [0.25, 0.3) is 5.91 Å². The molecule has 2 heterocycles. The molecular weight excluding hydrogens is 254 g/mol. The van der Waals surface area contributed by atoms with E-state index in [0.717, 1.165) is 5.56 Å². The summed E-state index contributed by atoms with van der Waals surface area (Å²) in [5, 5.41) is 6.83. The van der Waals surface area contributed by atoms with Crippen LogP contribution in [0.3, 0.4) is 0 Å². The molecule has 0 aliphatic heterocycles. The molecule has 0 atom stereocenters. The van der Waals surface area contributed by atoms with E-state index in [2.05, 4.69) is 15.4 Å². The van der Waals surface area contributed by atoms with E-state index in [1.165, 1.54) is 10.9 Å². The van der Waals surface area contributed by atoms with Crippen LogP contribution in [0.2, 0.25) is 5.15 Å². The van der Waals surface area contributed by atoms with Gasteiger partial charge in [0.1, 0.15) is 5.69 Å². The molecule has 0 spiro atoms. The van der Waals surface area contributed by atoms with Crippen molar-refractivity contribution in [2.75, 3.05) is 11.1 Å². The van der Waals surface area contributed by atoms with Gasteiger partial charge >= 0.3 is 0 Å². The Hall–Kier alpha value is -2.08. The molecule has 2 rings (SSSR count). The first kappa shape index (κ1) is 12.4. The van der Waals surface area contributed by atoms with Crippen LogP contribution in [-0.2, 0) is 7.05 Å². The van der Waals surface area contributed by atoms with Gasteiger partial charge < -0.3 is 11.1 Å². The number of aromatic nitrogens is 3. The Kier molecular flexibility index (Phi) is 3.20. The minimum atomic E-state index is -0.370. The maximum Gasteiger partial charge on any atom is 0.276 e. The van der Waals surface area contributed by atoms with E-state index >= 15 is 0 Å². The number of nitrogens with two attached hydrogens (primary N) is 1. The fourth-order valence-corrected chi connectivity index (χ4v) is 1.83. The number of rotatable bonds is 2. The van der Waals surface area contributed by atoms with Crippen molar-refractivity contribution < 1.29 is 4.79 Å². The van der Waals surface area contributed by atoms with Gasteiger partial charge in [-0.2, -0.15) is 5.10 Å². The van der Waals surface area contributed by atoms with Crippen molar-refractivity contribution in [1.82, 2.24) is 14.8 Å². The summed E-state index contributed by atoms with van der Waals surface area (Å²) >= 11 is 5.94. The summed E-state index contributed by atoms with van der Waals surface area (Å²) in [6.45, 7) is 1.83. The molecule has 6 nitrogen and oxygen atoms in total. The SMILES string of the molecule is Cc1ccnc(Cl)c1NC(=O)c1c(N)cnn1C. The van der Waals surface area contributed by atoms with Crippen molar-refractivity contribution >= 4 is 28.9 Å². The average Bonchev–Trinajstić information content (AvgIpc) is 2.64. The Morgan fingerprint density at radius 3 is 2.83 bits per heavy atom. The number of pyridine rings is 1. The largest absolute Gasteiger partial charge is 0.396 e. The molecule has 0 bridgehead atoms. The molecule has 0 aromatic carbocycles. The van der Waals surface area contributed by atoms with Crippen molar-refractivity contribution in [3.63, 3.8) is 0 Å². The number of amides is 1. The lowest BCUT2D eigenvalue weighted by Crippen LogP contribution is -2.18. The minimum absolute atomic E-state index is 0.240. The summed E-state index contributed by atoms with van der Waals surface area (Å²) in [4.78, 5) is 16.0. The smallest absolute Gasteiger partial charge is 0.276 e. The van der Waals surface area contributed by atoms with E-state index in [9.17, 15) is 4.79 Å². The maximum atomic E-state index is 12.1. The average molecular weight is 266 g/mol. The number of nitrogens with zero attached hydrogens (tertiary/aromatic N) is 3. The zero-order valence-electron chi connectivity index (χ0n) is 9.94. The van der Waals surface area contributed by atoms with Crippen molar-refractivity contribution in [3.8, 4) is 0 Å². The summed E-state index contributed by atoms with van der Waals surface area (Å²) < 4.78 is 1.41. The topological polar surface area (TPSA) is 85.8 Å². The number of aryl methyl sites for hydroxylation is 2. The molecule has 0 aliphatic carbocycles. The zero-order chi connectivity index (χ0) is 13.3. The Balaban J connectivity index is 2.33. The molecule has 0 saturated heterocycles. The van der Waals surface area contributed by atoms with Crippen LogP contribution in [0.5, 0.6) is 0 Å². The first-order valence-electron chi connectivity index (χ1n) is 5.20. The maximum absolute atomic E-state index is 12.1. The molecule has 0 radical (unpaired) electrons. The molecular formula is C11H12ClN5O. The van der Waals surface area contributed by atoms with E-state index in [-0.39, 0.29) is 16.8 Å². The predicted molar refractivity (Wildman–Crippen MR) is 69.6 cm³/mol. The van der Waals surface area contributed by atoms with Crippen LogP contribution < -0.4 is 11.1 Å². The molecule has 0 fully saturated rings. The van der Waals surface area contributed by atoms with Gasteiger partial charge in [0.15, 0.2) is 5.15 Å². The van der Waals surface area contributed by atoms with Crippen molar-refractivity contribution in [3.05, 3.63) is 34.9 Å². The zero-order valence-corrected chi connectivity index (χ0v) is 10.7. The molecule has 94 valence electrons. The lowest BCUT2D eigenvalue weighted by molar-refractivity contribution is 0.101. The summed E-state index contributed by atoms with van der Waals surface area (Å²) in [5.74, 6) is -0.370. The van der Waals surface area contributed by atoms with Crippen molar-refractivity contribution in [1.29, 1.82) is 0 Å². The highest BCUT2D eigenvalue weighted by Gasteiger charge is 2.17. The van der Waals surface area contributed by atoms with Gasteiger partial charge in [-0.05, 0) is 18.6 Å². The van der Waals surface area contributed by atoms with Crippen LogP contribution in [-0.4, -0.2) is 20.7 Å². The summed E-state index contributed by atoms with van der Waals surface area (Å²) in [6.07, 6.45) is 3.00. The Bertz CT molecular complexity index is 568. The second-order valence-corrected chi connectivity index (χ2v) is 4.18. The quantitative estimate of drug-likeness (QED) is 0.808. The highest BCUT2D eigenvalue weighted by molar-refractivity contribution is 6.32. The Morgan fingerprint density at radius 1 is 1.56 bits per heavy atom. The molecule has 0 unspecified atom stereocenters. The third-order valence-electron chi connectivity index (χ3n) is 2.53. The number of hydrogen-bond donors (Lipinski definition) is 2. The van der Waals surface area contributed by atoms with Gasteiger partial charge in [0.2, 0.25) is 0 Å². The number of carbonyl (C=O) groups is 1. The van der Waals surface area contributed by atoms with Gasteiger partial charge in [-0.15, -0.1) is 0 Å². The molecule has 0 aliphatic rings. The highest BCUT2D eigenvalue weighted by atomic mass is 35.5. The number of carbonyl (C=O) groups excluding carboxylic acids is 1. The van der Waals surface area contributed by atoms with Crippen LogP contribution in [0.4, 0.5) is 11.4 Å². The van der Waals surface area contributed by atoms with Crippen LogP contribution in [0, 0.1) is 6.92 Å². The van der Waals surface area contributed by atoms with Gasteiger partial charge in [0, 0.05) is 13.2 Å². The summed E-state index contributed by atoms with van der Waals surface area (Å²) in [6, 6.07) is 1.76. The number of nitrogen functional groups attached to an aromatic ring is 1. The second-order valence-electron chi connectivity index (χ2n) is 3.82. The predicted octanol–water partition coefficient (Wildman–Crippen LogP) is 1.61. The van der Waals surface area contributed by atoms with Gasteiger partial charge in [-0.1, -0.05) is 11.6 Å². The number of halogens is 1. The number of hydrogen-bond acceptors (Lipinski definition) is 4. The van der Waals surface area contributed by atoms with Crippen molar-refractivity contribution in [2.24, 2.45) is 7.05 Å². The first-order chi connectivity index (χ1) is 8.50. The molecule has 1 amide bonds. The van der Waals surface area contributed by atoms with Gasteiger partial charge in [0.05, 0.1) is 17.6 Å². The standard InChI is InChI=1S/C11H12ClN5O/c1-6-3-4-14-10(12)8(6)16-11(18)9-7(13)5-15-17(9)2/h3-5H,13H2,1-2H3,(H,16,18). The summed E-state index contributed by atoms with van der Waals surface area (Å²) in [7, 11) is 1.64. The third-order valence-corrected chi connectivity index (χ3v) is 2.82. The number of anilines is 2. The molecule has 2 aromatic heterocycles. The van der Waals surface area contributed by atoms with Crippen molar-refractivity contribution in [2.45, 2.75) is 6.92 Å². The minimum Gasteiger partial charge on any atom is -0.396 e. The highest BCUT2D eigenvalue weighted by Crippen LogP contribution is 2.24. The van der Waals surface area contributed by atoms with Crippen LogP contribution in [0.1, 0.15) is 16.1 Å². The van der Waals surface area contributed by atoms with Gasteiger partial charge in [-0.3, -0.25) is 9.48 Å². The van der Waals surface area contributed by atoms with Crippen LogP contribution >= 0.6 is 11.6 Å². The monoisotopic (exact) mass is 265 g/mol. The normalized spacial score (nSPS) is 10.4. The molecule has 2 aromatic rings. The third kappa shape index (κ3) is 2.14. The van der Waals surface area contributed by atoms with E-state index in [1.807, 2.05) is 6.92 Å². The summed E-state index contributed by atoms with van der Waals surface area (Å²) in [5.41, 5.74) is 7.58. The number of nitrogens with one attached hydrogen (secondary N) is 1.